The maximum Gasteiger partial charge on any atom is 0.341 e. The number of hydrogen-bond acceptors (Lipinski definition) is 4. The molecular formula is C15H12F2N4O2. The number of carboxylic acid groups (broad SMARTS) is 1. The average Bonchev–Trinajstić information content (AvgIpc) is 2.89. The molecule has 0 spiro atoms. The smallest absolute Gasteiger partial charge is 0.341 e. The van der Waals surface area contributed by atoms with Crippen LogP contribution in [0.4, 0.5) is 14.6 Å². The van der Waals surface area contributed by atoms with E-state index < -0.39 is 23.6 Å². The van der Waals surface area contributed by atoms with Gasteiger partial charge >= 0.3 is 5.97 Å². The number of aromatic nitrogens is 3. The molecule has 0 saturated heterocycles. The number of hydrogen-bond donors (Lipinski definition) is 2. The Bertz CT molecular complexity index is 874. The van der Waals surface area contributed by atoms with E-state index in [1.54, 1.807) is 19.2 Å². The Morgan fingerprint density at radius 3 is 2.65 bits per heavy atom. The first-order valence-corrected chi connectivity index (χ1v) is 6.74. The highest BCUT2D eigenvalue weighted by Crippen LogP contribution is 2.21. The molecule has 0 amide bonds. The van der Waals surface area contributed by atoms with Gasteiger partial charge in [0.05, 0.1) is 12.2 Å². The molecule has 6 nitrogen and oxygen atoms in total. The number of fused-ring (bicyclic) bond motifs is 1. The van der Waals surface area contributed by atoms with Crippen LogP contribution in [0, 0.1) is 11.6 Å². The highest BCUT2D eigenvalue weighted by molar-refractivity contribution is 5.94. The Hall–Kier alpha value is -3.03. The van der Waals surface area contributed by atoms with E-state index in [0.717, 1.165) is 6.07 Å². The van der Waals surface area contributed by atoms with Crippen LogP contribution in [0.25, 0.3) is 5.65 Å². The summed E-state index contributed by atoms with van der Waals surface area (Å²) in [6.07, 6.45) is 2.76. The number of nitrogens with one attached hydrogen (secondary N) is 1. The summed E-state index contributed by atoms with van der Waals surface area (Å²) >= 11 is 0. The van der Waals surface area contributed by atoms with Gasteiger partial charge in [-0.05, 0) is 30.7 Å². The first-order valence-electron chi connectivity index (χ1n) is 6.74. The summed E-state index contributed by atoms with van der Waals surface area (Å²) in [7, 11) is 0. The first kappa shape index (κ1) is 14.9. The van der Waals surface area contributed by atoms with E-state index in [2.05, 4.69) is 15.4 Å². The van der Waals surface area contributed by atoms with Crippen molar-refractivity contribution in [3.8, 4) is 0 Å². The third-order valence-corrected chi connectivity index (χ3v) is 3.35. The molecule has 0 saturated carbocycles. The molecule has 8 heteroatoms. The number of carboxylic acids is 1. The number of halogens is 2. The van der Waals surface area contributed by atoms with Gasteiger partial charge in [-0.1, -0.05) is 0 Å². The Morgan fingerprint density at radius 1 is 1.30 bits per heavy atom. The number of rotatable bonds is 4. The van der Waals surface area contributed by atoms with Crippen molar-refractivity contribution in [3.05, 3.63) is 59.4 Å². The highest BCUT2D eigenvalue weighted by Gasteiger charge is 2.14. The third kappa shape index (κ3) is 2.96. The van der Waals surface area contributed by atoms with Crippen molar-refractivity contribution in [2.75, 3.05) is 5.32 Å². The van der Waals surface area contributed by atoms with Crippen LogP contribution in [0.15, 0.2) is 36.7 Å². The minimum Gasteiger partial charge on any atom is -0.477 e. The molecule has 0 radical (unpaired) electrons. The molecule has 2 aromatic heterocycles. The molecule has 23 heavy (non-hydrogen) atoms. The maximum absolute atomic E-state index is 13.3. The van der Waals surface area contributed by atoms with Gasteiger partial charge in [-0.25, -0.2) is 23.1 Å². The Morgan fingerprint density at radius 2 is 2.00 bits per heavy atom. The lowest BCUT2D eigenvalue weighted by atomic mass is 10.1. The van der Waals surface area contributed by atoms with Gasteiger partial charge < -0.3 is 10.4 Å². The molecule has 0 aliphatic rings. The minimum atomic E-state index is -1.13. The van der Waals surface area contributed by atoms with Crippen LogP contribution in [-0.4, -0.2) is 25.7 Å². The molecule has 0 aliphatic carbocycles. The first-order chi connectivity index (χ1) is 10.9. The van der Waals surface area contributed by atoms with Gasteiger partial charge in [-0.3, -0.25) is 0 Å². The summed E-state index contributed by atoms with van der Waals surface area (Å²) in [4.78, 5) is 15.3. The van der Waals surface area contributed by atoms with Crippen molar-refractivity contribution < 1.29 is 18.7 Å². The van der Waals surface area contributed by atoms with Gasteiger partial charge in [0, 0.05) is 12.3 Å². The van der Waals surface area contributed by atoms with Crippen molar-refractivity contribution in [2.45, 2.75) is 13.0 Å². The zero-order valence-electron chi connectivity index (χ0n) is 12.0. The molecule has 2 heterocycles. The standard InChI is InChI=1S/C15H12F2N4O2/c1-8(9-4-10(16)6-11(17)5-9)19-13-2-3-21-14(20-13)12(7-18-21)15(22)23/h2-8H,1H3,(H,19,20)(H,22,23). The quantitative estimate of drug-likeness (QED) is 0.773. The largest absolute Gasteiger partial charge is 0.477 e. The van der Waals surface area contributed by atoms with E-state index >= 15 is 0 Å². The molecule has 1 atom stereocenters. The molecule has 3 rings (SSSR count). The van der Waals surface area contributed by atoms with E-state index in [-0.39, 0.29) is 11.2 Å². The van der Waals surface area contributed by atoms with Crippen LogP contribution < -0.4 is 5.32 Å². The topological polar surface area (TPSA) is 79.5 Å². The molecule has 118 valence electrons. The molecule has 1 aromatic carbocycles. The van der Waals surface area contributed by atoms with Crippen molar-refractivity contribution in [1.82, 2.24) is 14.6 Å². The van der Waals surface area contributed by atoms with E-state index in [1.807, 2.05) is 0 Å². The zero-order valence-corrected chi connectivity index (χ0v) is 12.0. The summed E-state index contributed by atoms with van der Waals surface area (Å²) in [5.74, 6) is -2.09. The molecular weight excluding hydrogens is 306 g/mol. The molecule has 0 fully saturated rings. The fourth-order valence-electron chi connectivity index (χ4n) is 2.23. The van der Waals surface area contributed by atoms with Gasteiger partial charge in [-0.2, -0.15) is 5.10 Å². The Balaban J connectivity index is 1.91. The van der Waals surface area contributed by atoms with Gasteiger partial charge in [0.15, 0.2) is 5.65 Å². The monoisotopic (exact) mass is 318 g/mol. The lowest BCUT2D eigenvalue weighted by Crippen LogP contribution is -2.09. The predicted molar refractivity (Wildman–Crippen MR) is 78.3 cm³/mol. The maximum atomic E-state index is 13.3. The van der Waals surface area contributed by atoms with Crippen LogP contribution in [0.1, 0.15) is 28.9 Å². The van der Waals surface area contributed by atoms with Crippen LogP contribution in [0.5, 0.6) is 0 Å². The number of benzene rings is 1. The second-order valence-electron chi connectivity index (χ2n) is 5.01. The molecule has 2 N–H and O–H groups in total. The van der Waals surface area contributed by atoms with E-state index in [9.17, 15) is 13.6 Å². The fraction of sp³-hybridized carbons (Fsp3) is 0.133. The van der Waals surface area contributed by atoms with E-state index in [1.165, 1.54) is 22.8 Å². The molecule has 3 aromatic rings. The molecule has 0 bridgehead atoms. The summed E-state index contributed by atoms with van der Waals surface area (Å²) in [5, 5.41) is 16.0. The highest BCUT2D eigenvalue weighted by atomic mass is 19.1. The summed E-state index contributed by atoms with van der Waals surface area (Å²) < 4.78 is 27.9. The second kappa shape index (κ2) is 5.64. The zero-order chi connectivity index (χ0) is 16.6. The lowest BCUT2D eigenvalue weighted by molar-refractivity contribution is 0.0699. The van der Waals surface area contributed by atoms with Gasteiger partial charge in [0.25, 0.3) is 0 Å². The van der Waals surface area contributed by atoms with Crippen molar-refractivity contribution in [1.29, 1.82) is 0 Å². The summed E-state index contributed by atoms with van der Waals surface area (Å²) in [6.45, 7) is 1.72. The van der Waals surface area contributed by atoms with Crippen molar-refractivity contribution in [3.63, 3.8) is 0 Å². The molecule has 0 aliphatic heterocycles. The number of nitrogens with zero attached hydrogens (tertiary/aromatic N) is 3. The summed E-state index contributed by atoms with van der Waals surface area (Å²) in [6, 6.07) is 4.41. The predicted octanol–water partition coefficient (Wildman–Crippen LogP) is 2.88. The van der Waals surface area contributed by atoms with Crippen molar-refractivity contribution in [2.24, 2.45) is 0 Å². The third-order valence-electron chi connectivity index (χ3n) is 3.35. The fourth-order valence-corrected chi connectivity index (χ4v) is 2.23. The van der Waals surface area contributed by atoms with Gasteiger partial charge in [0.1, 0.15) is 23.0 Å². The van der Waals surface area contributed by atoms with E-state index in [4.69, 9.17) is 5.11 Å². The number of carbonyl (C=O) groups is 1. The van der Waals surface area contributed by atoms with Crippen LogP contribution in [-0.2, 0) is 0 Å². The van der Waals surface area contributed by atoms with E-state index in [0.29, 0.717) is 11.4 Å². The number of anilines is 1. The summed E-state index contributed by atoms with van der Waals surface area (Å²) in [5.41, 5.74) is 0.564. The SMILES string of the molecule is CC(Nc1ccn2ncc(C(=O)O)c2n1)c1cc(F)cc(F)c1. The van der Waals surface area contributed by atoms with Gasteiger partial charge in [-0.15, -0.1) is 0 Å². The average molecular weight is 318 g/mol. The lowest BCUT2D eigenvalue weighted by Gasteiger charge is -2.15. The Labute approximate surface area is 129 Å². The normalized spacial score (nSPS) is 12.3. The Kier molecular flexibility index (Phi) is 3.65. The molecule has 1 unspecified atom stereocenters. The minimum absolute atomic E-state index is 0.0295. The van der Waals surface area contributed by atoms with Crippen LogP contribution in [0.2, 0.25) is 0 Å². The second-order valence-corrected chi connectivity index (χ2v) is 5.01. The number of aromatic carboxylic acids is 1. The van der Waals surface area contributed by atoms with Crippen LogP contribution >= 0.6 is 0 Å². The van der Waals surface area contributed by atoms with Crippen molar-refractivity contribution >= 4 is 17.4 Å². The van der Waals surface area contributed by atoms with Gasteiger partial charge in [0.2, 0.25) is 0 Å². The van der Waals surface area contributed by atoms with Crippen LogP contribution in [0.3, 0.4) is 0 Å².